The SMILES string of the molecule is C/C=C/C[C@@H](C)[C@@H](O)[C@H]1C(=O)N[C@@H](CC)C(=O)N(C)[C@H](SCCCN(CC)C(C)C)C(=O)N(C)[C@@H](COCC(C)C)C(=O)N[C@@H](C(C)C)C(=O)N(C)[C@@H](CC(C)C)C(=O)N[C@@H](C)C(=O)N[C@H](C)C(=O)N(C)[C@@H](CC(C)C)C(=O)N(C)[C@@H](CC(C)C)C(=O)N(C)[C@@H](C(C)C)C(=O)N1C. The molecule has 0 unspecified atom stereocenters. The molecule has 0 aromatic carbocycles. The number of ether oxygens (including phenoxy) is 1. The summed E-state index contributed by atoms with van der Waals surface area (Å²) in [7, 11) is 10.0. The first kappa shape index (κ1) is 89.2. The molecule has 1 aliphatic rings. The van der Waals surface area contributed by atoms with Crippen molar-refractivity contribution in [3.8, 4) is 0 Å². The molecule has 25 nitrogen and oxygen atoms in total. The third kappa shape index (κ3) is 26.3. The molecule has 26 heteroatoms. The Morgan fingerprint density at radius 3 is 1.45 bits per heavy atom. The minimum absolute atomic E-state index is 0.0104. The third-order valence-corrected chi connectivity index (χ3v) is 19.6. The molecule has 1 rings (SSSR count). The topological polar surface area (TPSA) is 291 Å². The van der Waals surface area contributed by atoms with Gasteiger partial charge in [-0.1, -0.05) is 116 Å². The van der Waals surface area contributed by atoms with Crippen LogP contribution in [0.2, 0.25) is 0 Å². The first-order chi connectivity index (χ1) is 45.0. The Kier molecular flexibility index (Phi) is 38.9. The zero-order valence-electron chi connectivity index (χ0n) is 64.3. The van der Waals surface area contributed by atoms with Gasteiger partial charge in [0.05, 0.1) is 12.7 Å². The van der Waals surface area contributed by atoms with E-state index >= 15 is 33.6 Å². The maximum absolute atomic E-state index is 15.5. The van der Waals surface area contributed by atoms with E-state index in [4.69, 9.17) is 4.74 Å². The van der Waals surface area contributed by atoms with E-state index in [2.05, 4.69) is 46.9 Å². The number of allylic oxidation sites excluding steroid dienone is 2. The lowest BCUT2D eigenvalue weighted by Crippen LogP contribution is -2.64. The van der Waals surface area contributed by atoms with Crippen LogP contribution in [0.15, 0.2) is 12.2 Å². The highest BCUT2D eigenvalue weighted by molar-refractivity contribution is 8.00. The summed E-state index contributed by atoms with van der Waals surface area (Å²) in [5.74, 6) is -9.60. The first-order valence-electron chi connectivity index (χ1n) is 35.3. The van der Waals surface area contributed by atoms with Gasteiger partial charge in [-0.05, 0) is 133 Å². The molecule has 0 saturated carbocycles. The number of aliphatic hydroxyl groups excluding tert-OH is 1. The van der Waals surface area contributed by atoms with Gasteiger partial charge in [0.15, 0.2) is 5.37 Å². The summed E-state index contributed by atoms with van der Waals surface area (Å²) in [6.07, 6.45) is 3.38. The van der Waals surface area contributed by atoms with E-state index in [9.17, 15) is 24.3 Å². The quantitative estimate of drug-likeness (QED) is 0.0623. The van der Waals surface area contributed by atoms with Crippen LogP contribution in [-0.2, 0) is 57.5 Å². The smallest absolute Gasteiger partial charge is 0.256 e. The van der Waals surface area contributed by atoms with Gasteiger partial charge in [0.25, 0.3) is 5.91 Å². The lowest BCUT2D eigenvalue weighted by molar-refractivity contribution is -0.157. The minimum Gasteiger partial charge on any atom is -0.390 e. The van der Waals surface area contributed by atoms with Crippen LogP contribution < -0.4 is 21.3 Å². The molecule has 0 aromatic heterocycles. The molecule has 1 fully saturated rings. The number of nitrogens with one attached hydrogen (secondary N) is 4. The number of carbonyl (C=O) groups excluding carboxylic acids is 11. The van der Waals surface area contributed by atoms with Crippen LogP contribution in [0.3, 0.4) is 0 Å². The molecule has 0 aromatic rings. The predicted octanol–water partition coefficient (Wildman–Crippen LogP) is 5.08. The summed E-state index contributed by atoms with van der Waals surface area (Å²) in [6.45, 7) is 37.6. The molecule has 13 atom stereocenters. The molecule has 0 bridgehead atoms. The van der Waals surface area contributed by atoms with Crippen LogP contribution in [-0.4, -0.2) is 269 Å². The van der Waals surface area contributed by atoms with E-state index in [1.807, 2.05) is 68.4 Å². The number of thioether (sulfide) groups is 1. The molecule has 1 aliphatic heterocycles. The first-order valence-corrected chi connectivity index (χ1v) is 36.3. The molecule has 558 valence electrons. The Labute approximate surface area is 587 Å². The third-order valence-electron chi connectivity index (χ3n) is 18.2. The molecule has 0 spiro atoms. The van der Waals surface area contributed by atoms with E-state index < -0.39 is 155 Å². The van der Waals surface area contributed by atoms with E-state index in [1.54, 1.807) is 47.6 Å². The molecule has 1 saturated heterocycles. The normalized spacial score (nSPS) is 26.0. The van der Waals surface area contributed by atoms with Crippen LogP contribution in [0.1, 0.15) is 177 Å². The van der Waals surface area contributed by atoms with E-state index in [0.29, 0.717) is 25.1 Å². The lowest BCUT2D eigenvalue weighted by atomic mass is 9.91. The molecular weight excluding hydrogens is 1260 g/mol. The van der Waals surface area contributed by atoms with E-state index in [1.165, 1.54) is 104 Å². The van der Waals surface area contributed by atoms with Crippen LogP contribution in [0, 0.1) is 41.4 Å². The number of rotatable bonds is 24. The van der Waals surface area contributed by atoms with Crippen molar-refractivity contribution in [2.75, 3.05) is 81.4 Å². The standard InChI is InChI=1S/C71H130N12O13S/c1-28-31-33-48(18)59(84)58-63(88)74-51(29-2)65(90)82(27)71(97-35-32-34-83(30-3)47(16)17)70(95)79(24)55(40-96-39-44(10)11)62(87)75-56(45(12)13)68(93)76(21)52(36-41(4)5)61(86)72-49(19)60(85)73-50(20)64(89)77(22)53(37-42(6)7)66(91)78(23)54(38-43(8)9)67(92)80(25)57(46(14)15)69(94)81(58)26/h28,31,41-59,71,84H,29-30,32-40H2,1-27H3,(H,72,86)(H,73,85)(H,74,88)(H,75,87)/b31-28+/t48-,49+,50-,51+,52+,53+,54+,55+,56+,57+,58+,59-,71-/m1/s1. The largest absolute Gasteiger partial charge is 0.390 e. The summed E-state index contributed by atoms with van der Waals surface area (Å²) in [5, 5.41) is 22.2. The van der Waals surface area contributed by atoms with Crippen molar-refractivity contribution in [2.45, 2.75) is 255 Å². The molecule has 11 amide bonds. The maximum atomic E-state index is 15.5. The average Bonchev–Trinajstić information content (AvgIpc) is 0.816. The fraction of sp³-hybridized carbons (Fsp3) is 0.817. The lowest BCUT2D eigenvalue weighted by Gasteiger charge is -2.41. The zero-order valence-corrected chi connectivity index (χ0v) is 65.1. The van der Waals surface area contributed by atoms with Crippen LogP contribution in [0.25, 0.3) is 0 Å². The highest BCUT2D eigenvalue weighted by atomic mass is 32.2. The summed E-state index contributed by atoms with van der Waals surface area (Å²) in [5.41, 5.74) is 0. The van der Waals surface area contributed by atoms with Gasteiger partial charge in [0, 0.05) is 62.0 Å². The summed E-state index contributed by atoms with van der Waals surface area (Å²) in [6, 6.07) is -12.7. The average molecular weight is 1390 g/mol. The Morgan fingerprint density at radius 2 is 0.979 bits per heavy atom. The van der Waals surface area contributed by atoms with Gasteiger partial charge < -0.3 is 70.3 Å². The van der Waals surface area contributed by atoms with Gasteiger partial charge in [-0.2, -0.15) is 0 Å². The van der Waals surface area contributed by atoms with Gasteiger partial charge in [0.1, 0.15) is 60.4 Å². The van der Waals surface area contributed by atoms with E-state index in [-0.39, 0.29) is 68.6 Å². The summed E-state index contributed by atoms with van der Waals surface area (Å²) >= 11 is 1.18. The number of hydrogen-bond donors (Lipinski definition) is 5. The van der Waals surface area contributed by atoms with Crippen LogP contribution in [0.5, 0.6) is 0 Å². The molecular formula is C71H130N12O13S. The number of amides is 11. The van der Waals surface area contributed by atoms with Crippen LogP contribution >= 0.6 is 11.8 Å². The van der Waals surface area contributed by atoms with Crippen LogP contribution in [0.4, 0.5) is 0 Å². The molecule has 97 heavy (non-hydrogen) atoms. The van der Waals surface area contributed by atoms with Gasteiger partial charge in [0.2, 0.25) is 59.1 Å². The predicted molar refractivity (Wildman–Crippen MR) is 383 cm³/mol. The number of hydrogen-bond acceptors (Lipinski definition) is 15. The fourth-order valence-corrected chi connectivity index (χ4v) is 13.2. The summed E-state index contributed by atoms with van der Waals surface area (Å²) < 4.78 is 6.11. The maximum Gasteiger partial charge on any atom is 0.256 e. The monoisotopic (exact) mass is 1390 g/mol. The Morgan fingerprint density at radius 1 is 0.505 bits per heavy atom. The van der Waals surface area contributed by atoms with Crippen molar-refractivity contribution in [3.05, 3.63) is 12.2 Å². The van der Waals surface area contributed by atoms with E-state index in [0.717, 1.165) is 11.4 Å². The second-order valence-electron chi connectivity index (χ2n) is 29.4. The molecule has 1 heterocycles. The van der Waals surface area contributed by atoms with Gasteiger partial charge in [-0.3, -0.25) is 52.7 Å². The van der Waals surface area contributed by atoms with Crippen molar-refractivity contribution in [1.29, 1.82) is 0 Å². The number of aliphatic hydroxyl groups is 1. The number of likely N-dealkylation sites (N-methyl/N-ethyl adjacent to an activating group) is 7. The summed E-state index contributed by atoms with van der Waals surface area (Å²) in [4.78, 5) is 176. The number of carbonyl (C=O) groups is 11. The minimum atomic E-state index is -1.65. The van der Waals surface area contributed by atoms with Gasteiger partial charge in [-0.25, -0.2) is 0 Å². The van der Waals surface area contributed by atoms with Gasteiger partial charge >= 0.3 is 0 Å². The Bertz CT molecular complexity index is 2610. The molecule has 0 aliphatic carbocycles. The zero-order chi connectivity index (χ0) is 75.0. The second kappa shape index (κ2) is 42.3. The van der Waals surface area contributed by atoms with Crippen molar-refractivity contribution < 1.29 is 62.6 Å². The van der Waals surface area contributed by atoms with Crippen molar-refractivity contribution in [2.24, 2.45) is 41.4 Å². The van der Waals surface area contributed by atoms with Gasteiger partial charge in [-0.15, -0.1) is 11.8 Å². The van der Waals surface area contributed by atoms with Crippen molar-refractivity contribution >= 4 is 76.7 Å². The Hall–Kier alpha value is -5.86. The fourth-order valence-electron chi connectivity index (χ4n) is 12.0. The number of nitrogens with zero attached hydrogens (tertiary/aromatic N) is 8. The molecule has 5 N–H and O–H groups in total. The second-order valence-corrected chi connectivity index (χ2v) is 30.6. The van der Waals surface area contributed by atoms with Crippen molar-refractivity contribution in [1.82, 2.24) is 60.5 Å². The Balaban J connectivity index is 4.60. The molecule has 0 radical (unpaired) electrons. The van der Waals surface area contributed by atoms with Crippen molar-refractivity contribution in [3.63, 3.8) is 0 Å². The highest BCUT2D eigenvalue weighted by Gasteiger charge is 2.46. The highest BCUT2D eigenvalue weighted by Crippen LogP contribution is 2.27.